The smallest absolute Gasteiger partial charge is 0.235 e. The molecule has 1 saturated carbocycles. The molecule has 90 valence electrons. The number of rotatable bonds is 6. The van der Waals surface area contributed by atoms with Crippen molar-refractivity contribution in [3.05, 3.63) is 11.1 Å². The first kappa shape index (κ1) is 11.8. The Morgan fingerprint density at radius 3 is 2.88 bits per heavy atom. The monoisotopic (exact) mass is 261 g/mol. The van der Waals surface area contributed by atoms with Crippen LogP contribution in [0.15, 0.2) is 5.38 Å². The molecule has 1 heterocycles. The largest absolute Gasteiger partial charge is 0.313 e. The Labute approximate surface area is 99.3 Å². The lowest BCUT2D eigenvalue weighted by Crippen LogP contribution is -2.27. The lowest BCUT2D eigenvalue weighted by Gasteiger charge is -2.05. The topological polar surface area (TPSA) is 71.1 Å². The summed E-state index contributed by atoms with van der Waals surface area (Å²) in [6.07, 6.45) is 2.33. The number of thiazole rings is 1. The zero-order valence-electron chi connectivity index (χ0n) is 9.06. The molecular formula is C9H15N3O2S2. The maximum atomic E-state index is 11.6. The van der Waals surface area contributed by atoms with Crippen LogP contribution in [0.2, 0.25) is 0 Å². The minimum Gasteiger partial charge on any atom is -0.313 e. The van der Waals surface area contributed by atoms with Crippen molar-refractivity contribution in [2.45, 2.75) is 25.8 Å². The minimum absolute atomic E-state index is 0.0993. The third-order valence-electron chi connectivity index (χ3n) is 2.24. The molecule has 1 fully saturated rings. The summed E-state index contributed by atoms with van der Waals surface area (Å²) in [6.45, 7) is 2.34. The highest BCUT2D eigenvalue weighted by molar-refractivity contribution is 7.92. The predicted molar refractivity (Wildman–Crippen MR) is 65.3 cm³/mol. The Balaban J connectivity index is 1.81. The third-order valence-corrected chi connectivity index (χ3v) is 4.49. The van der Waals surface area contributed by atoms with Gasteiger partial charge in [-0.1, -0.05) is 0 Å². The molecule has 0 saturated heterocycles. The van der Waals surface area contributed by atoms with Crippen LogP contribution in [0.4, 0.5) is 5.13 Å². The standard InChI is InChI=1S/C9H15N3O2S2/c1-7-6-15-9(11-7)12-16(13,14)5-4-10-8-2-3-8/h6,8,10H,2-5H2,1H3,(H,11,12). The van der Waals surface area contributed by atoms with Gasteiger partial charge in [-0.3, -0.25) is 4.72 Å². The summed E-state index contributed by atoms with van der Waals surface area (Å²) < 4.78 is 25.7. The Hall–Kier alpha value is -0.660. The molecule has 16 heavy (non-hydrogen) atoms. The van der Waals surface area contributed by atoms with Crippen LogP contribution in [-0.2, 0) is 10.0 Å². The molecule has 0 amide bonds. The SMILES string of the molecule is Cc1csc(NS(=O)(=O)CCNC2CC2)n1. The number of anilines is 1. The van der Waals surface area contributed by atoms with Gasteiger partial charge in [-0.05, 0) is 19.8 Å². The Bertz CT molecular complexity index is 451. The van der Waals surface area contributed by atoms with Gasteiger partial charge in [-0.15, -0.1) is 11.3 Å². The van der Waals surface area contributed by atoms with E-state index in [0.29, 0.717) is 17.7 Å². The number of aryl methyl sites for hydroxylation is 1. The van der Waals surface area contributed by atoms with Crippen molar-refractivity contribution in [2.75, 3.05) is 17.0 Å². The molecule has 0 atom stereocenters. The molecule has 7 heteroatoms. The molecule has 1 aliphatic carbocycles. The summed E-state index contributed by atoms with van der Waals surface area (Å²) in [7, 11) is -3.25. The molecule has 0 bridgehead atoms. The maximum Gasteiger partial charge on any atom is 0.235 e. The van der Waals surface area contributed by atoms with Gasteiger partial charge in [0, 0.05) is 18.0 Å². The summed E-state index contributed by atoms with van der Waals surface area (Å²) in [6, 6.07) is 0.539. The van der Waals surface area contributed by atoms with E-state index in [9.17, 15) is 8.42 Å². The lowest BCUT2D eigenvalue weighted by atomic mass is 10.6. The highest BCUT2D eigenvalue weighted by atomic mass is 32.2. The van der Waals surface area contributed by atoms with Gasteiger partial charge >= 0.3 is 0 Å². The van der Waals surface area contributed by atoms with Crippen molar-refractivity contribution in [3.8, 4) is 0 Å². The number of nitrogens with zero attached hydrogens (tertiary/aromatic N) is 1. The van der Waals surface area contributed by atoms with E-state index >= 15 is 0 Å². The minimum atomic E-state index is -3.25. The van der Waals surface area contributed by atoms with Gasteiger partial charge in [-0.25, -0.2) is 13.4 Å². The molecule has 1 aromatic rings. The van der Waals surface area contributed by atoms with E-state index in [2.05, 4.69) is 15.0 Å². The van der Waals surface area contributed by atoms with Gasteiger partial charge in [0.05, 0.1) is 11.4 Å². The molecule has 1 aromatic heterocycles. The van der Waals surface area contributed by atoms with Crippen LogP contribution in [0.1, 0.15) is 18.5 Å². The normalized spacial score (nSPS) is 16.3. The first-order chi connectivity index (χ1) is 7.55. The highest BCUT2D eigenvalue weighted by Gasteiger charge is 2.21. The van der Waals surface area contributed by atoms with Crippen LogP contribution >= 0.6 is 11.3 Å². The average molecular weight is 261 g/mol. The highest BCUT2D eigenvalue weighted by Crippen LogP contribution is 2.18. The summed E-state index contributed by atoms with van der Waals surface area (Å²) in [4.78, 5) is 4.06. The summed E-state index contributed by atoms with van der Waals surface area (Å²) in [5.41, 5.74) is 0.832. The average Bonchev–Trinajstić information content (AvgIpc) is 2.90. The van der Waals surface area contributed by atoms with Crippen LogP contribution in [0.3, 0.4) is 0 Å². The Kier molecular flexibility index (Phi) is 3.46. The molecular weight excluding hydrogens is 246 g/mol. The predicted octanol–water partition coefficient (Wildman–Crippen LogP) is 0.945. The molecule has 2 N–H and O–H groups in total. The van der Waals surface area contributed by atoms with E-state index in [0.717, 1.165) is 5.69 Å². The summed E-state index contributed by atoms with van der Waals surface area (Å²) in [5, 5.41) is 5.44. The van der Waals surface area contributed by atoms with Crippen LogP contribution in [0.25, 0.3) is 0 Å². The maximum absolute atomic E-state index is 11.6. The number of hydrogen-bond acceptors (Lipinski definition) is 5. The summed E-state index contributed by atoms with van der Waals surface area (Å²) >= 11 is 1.31. The van der Waals surface area contributed by atoms with Gasteiger partial charge in [-0.2, -0.15) is 0 Å². The van der Waals surface area contributed by atoms with Gasteiger partial charge in [0.1, 0.15) is 0 Å². The van der Waals surface area contributed by atoms with Gasteiger partial charge in [0.2, 0.25) is 10.0 Å². The van der Waals surface area contributed by atoms with Crippen molar-refractivity contribution in [1.82, 2.24) is 10.3 Å². The molecule has 0 unspecified atom stereocenters. The zero-order valence-corrected chi connectivity index (χ0v) is 10.7. The van der Waals surface area contributed by atoms with Gasteiger partial charge in [0.25, 0.3) is 0 Å². The first-order valence-corrected chi connectivity index (χ1v) is 7.74. The van der Waals surface area contributed by atoms with Crippen LogP contribution in [0.5, 0.6) is 0 Å². The summed E-state index contributed by atoms with van der Waals surface area (Å²) in [5.74, 6) is 0.0993. The Morgan fingerprint density at radius 1 is 1.56 bits per heavy atom. The Morgan fingerprint density at radius 2 is 2.31 bits per heavy atom. The van der Waals surface area contributed by atoms with E-state index in [1.54, 1.807) is 0 Å². The van der Waals surface area contributed by atoms with Crippen molar-refractivity contribution < 1.29 is 8.42 Å². The van der Waals surface area contributed by atoms with Gasteiger partial charge in [0.15, 0.2) is 5.13 Å². The van der Waals surface area contributed by atoms with Crippen molar-refractivity contribution in [1.29, 1.82) is 0 Å². The fourth-order valence-corrected chi connectivity index (χ4v) is 3.18. The van der Waals surface area contributed by atoms with Crippen molar-refractivity contribution in [2.24, 2.45) is 0 Å². The number of aromatic nitrogens is 1. The first-order valence-electron chi connectivity index (χ1n) is 5.21. The number of hydrogen-bond donors (Lipinski definition) is 2. The number of nitrogens with one attached hydrogen (secondary N) is 2. The van der Waals surface area contributed by atoms with E-state index in [4.69, 9.17) is 0 Å². The van der Waals surface area contributed by atoms with Gasteiger partial charge < -0.3 is 5.32 Å². The molecule has 1 aliphatic rings. The van der Waals surface area contributed by atoms with E-state index in [1.165, 1.54) is 24.2 Å². The van der Waals surface area contributed by atoms with E-state index in [-0.39, 0.29) is 5.75 Å². The fourth-order valence-electron chi connectivity index (χ4n) is 1.27. The van der Waals surface area contributed by atoms with Crippen molar-refractivity contribution in [3.63, 3.8) is 0 Å². The quantitative estimate of drug-likeness (QED) is 0.799. The molecule has 5 nitrogen and oxygen atoms in total. The van der Waals surface area contributed by atoms with Crippen LogP contribution in [-0.4, -0.2) is 31.7 Å². The fraction of sp³-hybridized carbons (Fsp3) is 0.667. The van der Waals surface area contributed by atoms with E-state index in [1.807, 2.05) is 12.3 Å². The zero-order chi connectivity index (χ0) is 11.6. The molecule has 2 rings (SSSR count). The second-order valence-electron chi connectivity index (χ2n) is 3.94. The van der Waals surface area contributed by atoms with Crippen molar-refractivity contribution >= 4 is 26.5 Å². The molecule has 0 radical (unpaired) electrons. The molecule has 0 spiro atoms. The van der Waals surface area contributed by atoms with E-state index < -0.39 is 10.0 Å². The van der Waals surface area contributed by atoms with Crippen LogP contribution in [0, 0.1) is 6.92 Å². The molecule has 0 aliphatic heterocycles. The number of sulfonamides is 1. The lowest BCUT2D eigenvalue weighted by molar-refractivity contribution is 0.595. The third kappa shape index (κ3) is 3.73. The second kappa shape index (κ2) is 4.68. The van der Waals surface area contributed by atoms with Crippen LogP contribution < -0.4 is 10.0 Å². The molecule has 0 aromatic carbocycles. The second-order valence-corrected chi connectivity index (χ2v) is 6.64.